The molecule has 0 fully saturated rings. The Hall–Kier alpha value is -4.60. The van der Waals surface area contributed by atoms with Gasteiger partial charge in [0.25, 0.3) is 11.1 Å². The summed E-state index contributed by atoms with van der Waals surface area (Å²) in [5, 5.41) is 12.5. The highest BCUT2D eigenvalue weighted by Crippen LogP contribution is 2.29. The summed E-state index contributed by atoms with van der Waals surface area (Å²) in [6.07, 6.45) is 7.39. The van der Waals surface area contributed by atoms with Gasteiger partial charge in [0.15, 0.2) is 11.6 Å². The minimum atomic E-state index is -0.589. The minimum absolute atomic E-state index is 0.0274. The first-order valence-electron chi connectivity index (χ1n) is 12.5. The van der Waals surface area contributed by atoms with E-state index in [4.69, 9.17) is 0 Å². The average Bonchev–Trinajstić information content (AvgIpc) is 3.48. The molecule has 1 aliphatic rings. The number of rotatable bonds is 5. The highest BCUT2D eigenvalue weighted by molar-refractivity contribution is 5.82. The normalized spacial score (nSPS) is 12.7. The van der Waals surface area contributed by atoms with Crippen molar-refractivity contribution in [2.24, 2.45) is 7.05 Å². The van der Waals surface area contributed by atoms with E-state index >= 15 is 0 Å². The molecule has 0 atom stereocenters. The van der Waals surface area contributed by atoms with Crippen molar-refractivity contribution in [3.05, 3.63) is 92.3 Å². The summed E-state index contributed by atoms with van der Waals surface area (Å²) in [5.74, 6) is 0.365. The van der Waals surface area contributed by atoms with Crippen LogP contribution in [0, 0.1) is 12.7 Å². The van der Waals surface area contributed by atoms with Crippen LogP contribution in [-0.4, -0.2) is 29.1 Å². The highest BCUT2D eigenvalue weighted by atomic mass is 19.1. The van der Waals surface area contributed by atoms with E-state index in [2.05, 4.69) is 20.5 Å². The minimum Gasteiger partial charge on any atom is -0.334 e. The molecule has 0 unspecified atom stereocenters. The molecule has 0 aliphatic carbocycles. The second-order valence-electron chi connectivity index (χ2n) is 9.62. The lowest BCUT2D eigenvalue weighted by Crippen LogP contribution is -2.24. The number of halogens is 1. The van der Waals surface area contributed by atoms with Gasteiger partial charge in [0.1, 0.15) is 11.5 Å². The Bertz CT molecular complexity index is 1830. The summed E-state index contributed by atoms with van der Waals surface area (Å²) in [4.78, 5) is 30.8. The van der Waals surface area contributed by atoms with Crippen LogP contribution in [-0.2, 0) is 26.4 Å². The third-order valence-electron chi connectivity index (χ3n) is 6.99. The van der Waals surface area contributed by atoms with Crippen molar-refractivity contribution >= 4 is 22.3 Å². The van der Waals surface area contributed by atoms with Gasteiger partial charge in [0.05, 0.1) is 11.6 Å². The molecular formula is C28H26FN7O2. The Morgan fingerprint density at radius 1 is 1.13 bits per heavy atom. The number of fused-ring (bicyclic) bond motifs is 2. The van der Waals surface area contributed by atoms with Crippen LogP contribution in [0.15, 0.2) is 58.5 Å². The molecule has 9 nitrogen and oxygen atoms in total. The number of hydrogen-bond acceptors (Lipinski definition) is 6. The molecule has 6 rings (SSSR count). The van der Waals surface area contributed by atoms with Crippen LogP contribution in [0.3, 0.4) is 0 Å². The summed E-state index contributed by atoms with van der Waals surface area (Å²) in [6.45, 7) is 4.60. The number of nitrogens with zero attached hydrogens (tertiary/aromatic N) is 6. The lowest BCUT2D eigenvalue weighted by molar-refractivity contribution is 0.634. The zero-order valence-corrected chi connectivity index (χ0v) is 21.3. The zero-order chi connectivity index (χ0) is 26.6. The van der Waals surface area contributed by atoms with Crippen molar-refractivity contribution in [3.8, 4) is 16.9 Å². The van der Waals surface area contributed by atoms with Gasteiger partial charge in [-0.05, 0) is 61.6 Å². The number of hydrogen-bond donors (Lipinski definition) is 1. The van der Waals surface area contributed by atoms with Gasteiger partial charge in [-0.3, -0.25) is 14.3 Å². The van der Waals surface area contributed by atoms with E-state index in [0.717, 1.165) is 46.5 Å². The van der Waals surface area contributed by atoms with Gasteiger partial charge in [-0.15, -0.1) is 0 Å². The summed E-state index contributed by atoms with van der Waals surface area (Å²) >= 11 is 0. The fourth-order valence-electron chi connectivity index (χ4n) is 5.22. The van der Waals surface area contributed by atoms with Crippen molar-refractivity contribution in [1.29, 1.82) is 0 Å². The fourth-order valence-corrected chi connectivity index (χ4v) is 5.22. The number of pyridine rings is 2. The molecule has 10 heteroatoms. The van der Waals surface area contributed by atoms with Crippen LogP contribution in [0.5, 0.6) is 0 Å². The number of nitrogens with one attached hydrogen (secondary N) is 1. The van der Waals surface area contributed by atoms with Crippen LogP contribution >= 0.6 is 0 Å². The van der Waals surface area contributed by atoms with Crippen molar-refractivity contribution in [3.63, 3.8) is 0 Å². The van der Waals surface area contributed by atoms with Crippen molar-refractivity contribution < 1.29 is 4.39 Å². The second kappa shape index (κ2) is 9.05. The lowest BCUT2D eigenvalue weighted by Gasteiger charge is -2.16. The molecule has 0 amide bonds. The molecule has 5 aromatic rings. The van der Waals surface area contributed by atoms with Gasteiger partial charge in [-0.2, -0.15) is 14.9 Å². The van der Waals surface area contributed by atoms with E-state index in [1.54, 1.807) is 38.5 Å². The topological polar surface area (TPSA) is 99.6 Å². The summed E-state index contributed by atoms with van der Waals surface area (Å²) in [7, 11) is 1.69. The number of aromatic nitrogens is 6. The average molecular weight is 512 g/mol. The van der Waals surface area contributed by atoms with Crippen LogP contribution in [0.4, 0.5) is 15.9 Å². The molecule has 38 heavy (non-hydrogen) atoms. The molecule has 0 spiro atoms. The maximum Gasteiger partial charge on any atom is 0.283 e. The molecule has 4 aromatic heterocycles. The maximum atomic E-state index is 14.8. The highest BCUT2D eigenvalue weighted by Gasteiger charge is 2.19. The van der Waals surface area contributed by atoms with Crippen molar-refractivity contribution in [1.82, 2.24) is 29.1 Å². The molecule has 0 bridgehead atoms. The summed E-state index contributed by atoms with van der Waals surface area (Å²) < 4.78 is 19.4. The van der Waals surface area contributed by atoms with Gasteiger partial charge >= 0.3 is 0 Å². The molecule has 0 radical (unpaired) electrons. The van der Waals surface area contributed by atoms with Gasteiger partial charge in [0, 0.05) is 54.3 Å². The largest absolute Gasteiger partial charge is 0.334 e. The third kappa shape index (κ3) is 3.89. The van der Waals surface area contributed by atoms with E-state index in [9.17, 15) is 14.0 Å². The number of anilines is 2. The molecule has 192 valence electrons. The van der Waals surface area contributed by atoms with Gasteiger partial charge in [-0.25, -0.2) is 9.37 Å². The van der Waals surface area contributed by atoms with E-state index in [1.807, 2.05) is 23.7 Å². The Kier molecular flexibility index (Phi) is 5.67. The first-order valence-corrected chi connectivity index (χ1v) is 12.5. The number of aryl methyl sites for hydroxylation is 4. The summed E-state index contributed by atoms with van der Waals surface area (Å²) in [6, 6.07) is 8.67. The van der Waals surface area contributed by atoms with Gasteiger partial charge < -0.3 is 9.88 Å². The number of benzene rings is 1. The predicted octanol–water partition coefficient (Wildman–Crippen LogP) is 4.04. The fraction of sp³-hybridized carbons (Fsp3) is 0.250. The van der Waals surface area contributed by atoms with Crippen LogP contribution in [0.2, 0.25) is 0 Å². The SMILES string of the molecule is CCc1c(-c2cc(Nc3cc4n(n3)CCC4)c(=O)n(C)c2)ccnc1-n1ncc2cc(C)cc(F)c2c1=O. The Morgan fingerprint density at radius 3 is 2.76 bits per heavy atom. The Morgan fingerprint density at radius 2 is 1.97 bits per heavy atom. The molecule has 0 saturated heterocycles. The molecular weight excluding hydrogens is 485 g/mol. The standard InChI is InChI=1S/C28H26FN7O2/c1-4-20-21(7-8-30-26(20)36-28(38)25-17(14-31-36)10-16(2)11-22(25)29)18-12-23(27(37)34(3)15-18)32-24-13-19-6-5-9-35(19)33-24/h7-8,10-15H,4-6,9H2,1-3H3,(H,32,33). The Labute approximate surface area is 217 Å². The molecule has 0 saturated carbocycles. The predicted molar refractivity (Wildman–Crippen MR) is 144 cm³/mol. The van der Waals surface area contributed by atoms with E-state index < -0.39 is 11.4 Å². The monoisotopic (exact) mass is 511 g/mol. The summed E-state index contributed by atoms with van der Waals surface area (Å²) in [5.41, 5.74) is 3.79. The van der Waals surface area contributed by atoms with E-state index in [1.165, 1.54) is 16.8 Å². The smallest absolute Gasteiger partial charge is 0.283 e. The molecule has 1 N–H and O–H groups in total. The molecule has 1 aliphatic heterocycles. The van der Waals surface area contributed by atoms with Crippen molar-refractivity contribution in [2.45, 2.75) is 39.7 Å². The van der Waals surface area contributed by atoms with Gasteiger partial charge in [0.2, 0.25) is 0 Å². The third-order valence-corrected chi connectivity index (χ3v) is 6.99. The first kappa shape index (κ1) is 23.8. The maximum absolute atomic E-state index is 14.8. The van der Waals surface area contributed by atoms with Crippen LogP contribution in [0.1, 0.15) is 30.2 Å². The lowest BCUT2D eigenvalue weighted by atomic mass is 10.00. The Balaban J connectivity index is 1.47. The molecule has 1 aromatic carbocycles. The van der Waals surface area contributed by atoms with Crippen LogP contribution < -0.4 is 16.4 Å². The molecule has 5 heterocycles. The van der Waals surface area contributed by atoms with Crippen LogP contribution in [0.25, 0.3) is 27.7 Å². The quantitative estimate of drug-likeness (QED) is 0.382. The van der Waals surface area contributed by atoms with E-state index in [0.29, 0.717) is 34.7 Å². The van der Waals surface area contributed by atoms with Gasteiger partial charge in [-0.1, -0.05) is 6.92 Å². The zero-order valence-electron chi connectivity index (χ0n) is 21.3. The second-order valence-corrected chi connectivity index (χ2v) is 9.62. The van der Waals surface area contributed by atoms with Crippen molar-refractivity contribution in [2.75, 3.05) is 5.32 Å². The first-order chi connectivity index (χ1) is 18.3. The van der Waals surface area contributed by atoms with E-state index in [-0.39, 0.29) is 10.9 Å².